The summed E-state index contributed by atoms with van der Waals surface area (Å²) in [7, 11) is 3.67. The van der Waals surface area contributed by atoms with Crippen molar-refractivity contribution >= 4 is 41.0 Å². The molecular weight excluding hydrogens is 658 g/mol. The second-order valence-electron chi connectivity index (χ2n) is 14.5. The molecule has 6 heterocycles. The minimum Gasteiger partial charge on any atom is -0.378 e. The quantitative estimate of drug-likeness (QED) is 0.368. The zero-order valence-electron chi connectivity index (χ0n) is 28.6. The van der Waals surface area contributed by atoms with Crippen molar-refractivity contribution in [2.24, 2.45) is 12.5 Å². The molecule has 13 nitrogen and oxygen atoms in total. The van der Waals surface area contributed by atoms with Gasteiger partial charge in [-0.25, -0.2) is 14.6 Å². The van der Waals surface area contributed by atoms with Gasteiger partial charge in [0, 0.05) is 82.3 Å². The highest BCUT2D eigenvalue weighted by atomic mass is 35.5. The molecule has 4 saturated heterocycles. The second kappa shape index (κ2) is 14.1. The van der Waals surface area contributed by atoms with E-state index in [4.69, 9.17) is 11.6 Å². The predicted molar refractivity (Wildman–Crippen MR) is 189 cm³/mol. The van der Waals surface area contributed by atoms with E-state index in [9.17, 15) is 19.2 Å². The van der Waals surface area contributed by atoms with Gasteiger partial charge >= 0.3 is 0 Å². The maximum Gasteiger partial charge on any atom is 0.287 e. The number of amides is 3. The molecule has 1 spiro atoms. The normalized spacial score (nSPS) is 24.3. The molecule has 3 atom stereocenters. The van der Waals surface area contributed by atoms with Gasteiger partial charge in [0.2, 0.25) is 17.8 Å². The highest BCUT2D eigenvalue weighted by Crippen LogP contribution is 2.42. The van der Waals surface area contributed by atoms with E-state index in [0.717, 1.165) is 76.9 Å². The molecule has 4 aliphatic rings. The Kier molecular flexibility index (Phi) is 9.62. The predicted octanol–water partition coefficient (Wildman–Crippen LogP) is 3.17. The van der Waals surface area contributed by atoms with E-state index in [1.54, 1.807) is 25.6 Å². The maximum absolute atomic E-state index is 13.6. The molecule has 0 aliphatic carbocycles. The number of likely N-dealkylation sites (N-methyl/N-ethyl adjacent to an activating group) is 1. The van der Waals surface area contributed by atoms with Crippen molar-refractivity contribution in [3.05, 3.63) is 74.9 Å². The molecule has 4 fully saturated rings. The van der Waals surface area contributed by atoms with Crippen LogP contribution in [0.1, 0.15) is 78.3 Å². The van der Waals surface area contributed by atoms with E-state index < -0.39 is 0 Å². The molecule has 0 saturated carbocycles. The second-order valence-corrected chi connectivity index (χ2v) is 14.9. The number of imide groups is 1. The minimum atomic E-state index is -0.384. The molecule has 3 unspecified atom stereocenters. The van der Waals surface area contributed by atoms with Crippen LogP contribution >= 0.6 is 11.6 Å². The summed E-state index contributed by atoms with van der Waals surface area (Å²) in [5, 5.41) is 10.1. The molecule has 0 radical (unpaired) electrons. The molecule has 50 heavy (non-hydrogen) atoms. The van der Waals surface area contributed by atoms with Gasteiger partial charge in [0.25, 0.3) is 11.5 Å². The molecule has 4 aliphatic heterocycles. The number of anilines is 2. The molecule has 14 heteroatoms. The zero-order valence-corrected chi connectivity index (χ0v) is 29.4. The number of aryl methyl sites for hydroxylation is 1. The van der Waals surface area contributed by atoms with Crippen molar-refractivity contribution in [2.45, 2.75) is 62.8 Å². The monoisotopic (exact) mass is 701 g/mol. The fourth-order valence-corrected chi connectivity index (χ4v) is 8.35. The number of carbonyl (C=O) groups is 3. The van der Waals surface area contributed by atoms with Crippen molar-refractivity contribution in [1.29, 1.82) is 0 Å². The standard InChI is InChI=1S/C36H44ClN9O4/c1-43-21-25(17-27(22-43)41-29-20-40-44(2)34(50)31(29)37)23-3-5-24(6-4-23)33(49)45-13-9-36(10-14-45)11-15-46(16-12-36)35-38-18-26(19-39-35)28-7-8-30(47)42-32(28)48/h3-6,18-20,25,27-28,41H,7-17,21-22H2,1-2H3,(H,42,47,48). The van der Waals surface area contributed by atoms with E-state index in [0.29, 0.717) is 30.0 Å². The highest BCUT2D eigenvalue weighted by Gasteiger charge is 2.39. The lowest BCUT2D eigenvalue weighted by molar-refractivity contribution is -0.134. The van der Waals surface area contributed by atoms with Gasteiger partial charge < -0.3 is 20.0 Å². The summed E-state index contributed by atoms with van der Waals surface area (Å²) in [4.78, 5) is 65.2. The fourth-order valence-electron chi connectivity index (χ4n) is 8.13. The SMILES string of the molecule is CN1CC(Nc2cnn(C)c(=O)c2Cl)CC(c2ccc(C(=O)N3CCC4(CC3)CCN(c3ncc(C5CCC(=O)NC5=O)cn3)CC4)cc2)C1. The van der Waals surface area contributed by atoms with E-state index >= 15 is 0 Å². The van der Waals surface area contributed by atoms with Crippen molar-refractivity contribution in [3.63, 3.8) is 0 Å². The van der Waals surface area contributed by atoms with Crippen molar-refractivity contribution in [3.8, 4) is 0 Å². The van der Waals surface area contributed by atoms with Gasteiger partial charge in [-0.2, -0.15) is 5.10 Å². The van der Waals surface area contributed by atoms with E-state index in [1.807, 2.05) is 17.0 Å². The van der Waals surface area contributed by atoms with Crippen molar-refractivity contribution < 1.29 is 14.4 Å². The Labute approximate surface area is 296 Å². The summed E-state index contributed by atoms with van der Waals surface area (Å²) < 4.78 is 1.23. The van der Waals surface area contributed by atoms with Gasteiger partial charge in [-0.1, -0.05) is 23.7 Å². The number of carbonyl (C=O) groups excluding carboxylic acids is 3. The lowest BCUT2D eigenvalue weighted by Crippen LogP contribution is -2.48. The van der Waals surface area contributed by atoms with Crippen LogP contribution in [0.4, 0.5) is 11.6 Å². The largest absolute Gasteiger partial charge is 0.378 e. The first-order chi connectivity index (χ1) is 24.1. The topological polar surface area (TPSA) is 146 Å². The number of nitrogens with zero attached hydrogens (tertiary/aromatic N) is 7. The number of rotatable bonds is 6. The molecule has 3 amide bonds. The Morgan fingerprint density at radius 3 is 2.28 bits per heavy atom. The summed E-state index contributed by atoms with van der Waals surface area (Å²) in [6.07, 6.45) is 10.7. The van der Waals surface area contributed by atoms with Crippen molar-refractivity contribution in [1.82, 2.24) is 34.9 Å². The Balaban J connectivity index is 0.901. The van der Waals surface area contributed by atoms with Gasteiger partial charge in [-0.3, -0.25) is 24.5 Å². The Morgan fingerprint density at radius 1 is 0.920 bits per heavy atom. The average molecular weight is 702 g/mol. The summed E-state index contributed by atoms with van der Waals surface area (Å²) in [6.45, 7) is 4.93. The van der Waals surface area contributed by atoms with Crippen LogP contribution in [0.25, 0.3) is 0 Å². The third kappa shape index (κ3) is 7.11. The van der Waals surface area contributed by atoms with Gasteiger partial charge in [-0.15, -0.1) is 0 Å². The molecule has 1 aromatic carbocycles. The summed E-state index contributed by atoms with van der Waals surface area (Å²) >= 11 is 6.31. The van der Waals surface area contributed by atoms with Gasteiger partial charge in [-0.05, 0) is 74.6 Å². The van der Waals surface area contributed by atoms with Crippen LogP contribution in [0, 0.1) is 5.41 Å². The van der Waals surface area contributed by atoms with Crippen LogP contribution in [-0.2, 0) is 16.6 Å². The minimum absolute atomic E-state index is 0.0847. The lowest BCUT2D eigenvalue weighted by atomic mass is 9.71. The first kappa shape index (κ1) is 34.1. The van der Waals surface area contributed by atoms with E-state index in [1.165, 1.54) is 10.2 Å². The lowest BCUT2D eigenvalue weighted by Gasteiger charge is -2.46. The molecule has 2 aromatic heterocycles. The first-order valence-corrected chi connectivity index (χ1v) is 17.9. The van der Waals surface area contributed by atoms with Gasteiger partial charge in [0.15, 0.2) is 0 Å². The number of nitrogens with one attached hydrogen (secondary N) is 2. The molecule has 3 aromatic rings. The molecule has 264 valence electrons. The first-order valence-electron chi connectivity index (χ1n) is 17.5. The van der Waals surface area contributed by atoms with Crippen LogP contribution in [0.15, 0.2) is 47.7 Å². The number of benzene rings is 1. The number of hydrogen-bond acceptors (Lipinski definition) is 10. The van der Waals surface area contributed by atoms with Gasteiger partial charge in [0.05, 0.1) is 17.8 Å². The summed E-state index contributed by atoms with van der Waals surface area (Å²) in [6, 6.07) is 8.19. The van der Waals surface area contributed by atoms with Crippen LogP contribution in [-0.4, -0.2) is 99.6 Å². The Bertz CT molecular complexity index is 1800. The van der Waals surface area contributed by atoms with E-state index in [-0.39, 0.29) is 51.6 Å². The van der Waals surface area contributed by atoms with Crippen molar-refractivity contribution in [2.75, 3.05) is 56.5 Å². The number of piperidine rings is 4. The van der Waals surface area contributed by atoms with Crippen LogP contribution in [0.5, 0.6) is 0 Å². The average Bonchev–Trinajstić information content (AvgIpc) is 3.12. The van der Waals surface area contributed by atoms with Crippen LogP contribution < -0.4 is 21.1 Å². The molecule has 0 bridgehead atoms. The number of hydrogen-bond donors (Lipinski definition) is 2. The fraction of sp³-hybridized carbons (Fsp3) is 0.528. The Morgan fingerprint density at radius 2 is 1.60 bits per heavy atom. The number of aromatic nitrogens is 4. The molecule has 7 rings (SSSR count). The Hall–Kier alpha value is -4.36. The van der Waals surface area contributed by atoms with E-state index in [2.05, 4.69) is 54.7 Å². The highest BCUT2D eigenvalue weighted by molar-refractivity contribution is 6.32. The van der Waals surface area contributed by atoms with Gasteiger partial charge in [0.1, 0.15) is 5.02 Å². The van der Waals surface area contributed by atoms with Crippen LogP contribution in [0.3, 0.4) is 0 Å². The summed E-state index contributed by atoms with van der Waals surface area (Å²) in [5.74, 6) is 0.129. The third-order valence-corrected chi connectivity index (χ3v) is 11.6. The van der Waals surface area contributed by atoms with Crippen LogP contribution in [0.2, 0.25) is 5.02 Å². The third-order valence-electron chi connectivity index (χ3n) is 11.2. The maximum atomic E-state index is 13.6. The smallest absolute Gasteiger partial charge is 0.287 e. The number of likely N-dealkylation sites (tertiary alicyclic amines) is 2. The number of halogens is 1. The molecular formula is C36H44ClN9O4. The molecule has 2 N–H and O–H groups in total. The zero-order chi connectivity index (χ0) is 35.0. The summed E-state index contributed by atoms with van der Waals surface area (Å²) in [5.41, 5.74) is 3.09.